The Morgan fingerprint density at radius 1 is 1.23 bits per heavy atom. The van der Waals surface area contributed by atoms with Gasteiger partial charge in [0.1, 0.15) is 28.4 Å². The van der Waals surface area contributed by atoms with Crippen LogP contribution in [0.15, 0.2) is 35.4 Å². The molecule has 140 valence electrons. The van der Waals surface area contributed by atoms with Crippen molar-refractivity contribution in [2.75, 3.05) is 20.2 Å². The monoisotopic (exact) mass is 381 g/mol. The summed E-state index contributed by atoms with van der Waals surface area (Å²) >= 11 is 0. The van der Waals surface area contributed by atoms with E-state index in [0.717, 1.165) is 6.07 Å². The Balaban J connectivity index is 1.70. The SMILES string of the molecule is COc1ccc(F)cc1S(=O)(=O)N1CCC(Oc2ccnc(C)n2)CC1. The van der Waals surface area contributed by atoms with Gasteiger partial charge in [0.25, 0.3) is 0 Å². The van der Waals surface area contributed by atoms with Gasteiger partial charge in [-0.1, -0.05) is 0 Å². The van der Waals surface area contributed by atoms with E-state index < -0.39 is 15.8 Å². The lowest BCUT2D eigenvalue weighted by atomic mass is 10.1. The fourth-order valence-electron chi connectivity index (χ4n) is 2.85. The molecule has 0 radical (unpaired) electrons. The number of benzene rings is 1. The molecule has 0 unspecified atom stereocenters. The van der Waals surface area contributed by atoms with Crippen LogP contribution in [0.1, 0.15) is 18.7 Å². The zero-order valence-corrected chi connectivity index (χ0v) is 15.4. The van der Waals surface area contributed by atoms with Crippen molar-refractivity contribution in [2.24, 2.45) is 0 Å². The molecule has 0 amide bonds. The number of halogens is 1. The number of nitrogens with zero attached hydrogens (tertiary/aromatic N) is 3. The van der Waals surface area contributed by atoms with E-state index >= 15 is 0 Å². The predicted octanol–water partition coefficient (Wildman–Crippen LogP) is 2.16. The van der Waals surface area contributed by atoms with Gasteiger partial charge >= 0.3 is 0 Å². The highest BCUT2D eigenvalue weighted by Gasteiger charge is 2.32. The van der Waals surface area contributed by atoms with E-state index in [1.54, 1.807) is 19.2 Å². The maximum atomic E-state index is 13.5. The Kier molecular flexibility index (Phi) is 5.38. The molecule has 0 atom stereocenters. The predicted molar refractivity (Wildman–Crippen MR) is 92.1 cm³/mol. The summed E-state index contributed by atoms with van der Waals surface area (Å²) in [4.78, 5) is 8.04. The smallest absolute Gasteiger partial charge is 0.246 e. The van der Waals surface area contributed by atoms with E-state index in [4.69, 9.17) is 9.47 Å². The zero-order chi connectivity index (χ0) is 18.7. The normalized spacial score (nSPS) is 16.4. The van der Waals surface area contributed by atoms with Crippen LogP contribution in [0, 0.1) is 12.7 Å². The highest BCUT2D eigenvalue weighted by atomic mass is 32.2. The Hall–Kier alpha value is -2.26. The van der Waals surface area contributed by atoms with Crippen LogP contribution >= 0.6 is 0 Å². The first-order chi connectivity index (χ1) is 12.4. The zero-order valence-electron chi connectivity index (χ0n) is 14.6. The van der Waals surface area contributed by atoms with Crippen LogP contribution in [0.4, 0.5) is 4.39 Å². The molecule has 0 bridgehead atoms. The van der Waals surface area contributed by atoms with Crippen molar-refractivity contribution in [3.05, 3.63) is 42.1 Å². The summed E-state index contributed by atoms with van der Waals surface area (Å²) in [7, 11) is -2.49. The third kappa shape index (κ3) is 3.94. The van der Waals surface area contributed by atoms with Crippen molar-refractivity contribution in [2.45, 2.75) is 30.8 Å². The third-order valence-corrected chi connectivity index (χ3v) is 6.10. The number of aryl methyl sites for hydroxylation is 1. The van der Waals surface area contributed by atoms with Crippen LogP contribution < -0.4 is 9.47 Å². The molecule has 26 heavy (non-hydrogen) atoms. The quantitative estimate of drug-likeness (QED) is 0.790. The summed E-state index contributed by atoms with van der Waals surface area (Å²) < 4.78 is 51.5. The van der Waals surface area contributed by atoms with E-state index in [2.05, 4.69) is 9.97 Å². The van der Waals surface area contributed by atoms with Gasteiger partial charge in [0.15, 0.2) is 0 Å². The van der Waals surface area contributed by atoms with E-state index in [-0.39, 0.29) is 29.8 Å². The van der Waals surface area contributed by atoms with Gasteiger partial charge in [-0.25, -0.2) is 17.8 Å². The number of rotatable bonds is 5. The molecular formula is C17H20FN3O4S. The molecule has 0 N–H and O–H groups in total. The molecule has 9 heteroatoms. The average Bonchev–Trinajstić information content (AvgIpc) is 2.62. The molecule has 1 saturated heterocycles. The van der Waals surface area contributed by atoms with Gasteiger partial charge in [-0.15, -0.1) is 0 Å². The summed E-state index contributed by atoms with van der Waals surface area (Å²) in [5.74, 6) is 0.592. The fraction of sp³-hybridized carbons (Fsp3) is 0.412. The number of hydrogen-bond acceptors (Lipinski definition) is 6. The molecule has 1 fully saturated rings. The molecule has 7 nitrogen and oxygen atoms in total. The van der Waals surface area contributed by atoms with E-state index in [1.807, 2.05) is 0 Å². The van der Waals surface area contributed by atoms with Gasteiger partial charge < -0.3 is 9.47 Å². The topological polar surface area (TPSA) is 81.6 Å². The Morgan fingerprint density at radius 2 is 1.96 bits per heavy atom. The van der Waals surface area contributed by atoms with Gasteiger partial charge in [0, 0.05) is 25.4 Å². The second kappa shape index (κ2) is 7.55. The van der Waals surface area contributed by atoms with Crippen LogP contribution in [-0.4, -0.2) is 49.0 Å². The molecule has 1 aromatic carbocycles. The van der Waals surface area contributed by atoms with Crippen LogP contribution in [0.25, 0.3) is 0 Å². The summed E-state index contributed by atoms with van der Waals surface area (Å²) in [6.07, 6.45) is 2.51. The lowest BCUT2D eigenvalue weighted by Crippen LogP contribution is -2.41. The number of ether oxygens (including phenoxy) is 2. The minimum absolute atomic E-state index is 0.126. The van der Waals surface area contributed by atoms with Crippen molar-refractivity contribution < 1.29 is 22.3 Å². The summed E-state index contributed by atoms with van der Waals surface area (Å²) in [5.41, 5.74) is 0. The maximum absolute atomic E-state index is 13.5. The van der Waals surface area contributed by atoms with Gasteiger partial charge in [0.2, 0.25) is 15.9 Å². The van der Waals surface area contributed by atoms with Crippen LogP contribution in [0.5, 0.6) is 11.6 Å². The van der Waals surface area contributed by atoms with Gasteiger partial charge in [-0.3, -0.25) is 0 Å². The third-order valence-electron chi connectivity index (χ3n) is 4.18. The molecule has 1 aliphatic rings. The first-order valence-electron chi connectivity index (χ1n) is 8.20. The highest BCUT2D eigenvalue weighted by Crippen LogP contribution is 2.29. The van der Waals surface area contributed by atoms with E-state index in [0.29, 0.717) is 24.5 Å². The first-order valence-corrected chi connectivity index (χ1v) is 9.64. The van der Waals surface area contributed by atoms with Crippen molar-refractivity contribution in [3.8, 4) is 11.6 Å². The summed E-state index contributed by atoms with van der Waals surface area (Å²) in [6, 6.07) is 5.14. The fourth-order valence-corrected chi connectivity index (χ4v) is 4.49. The molecule has 1 aliphatic heterocycles. The van der Waals surface area contributed by atoms with Crippen LogP contribution in [0.2, 0.25) is 0 Å². The molecule has 0 spiro atoms. The molecule has 0 aliphatic carbocycles. The molecule has 2 aromatic rings. The number of sulfonamides is 1. The highest BCUT2D eigenvalue weighted by molar-refractivity contribution is 7.89. The molecule has 1 aromatic heterocycles. The summed E-state index contributed by atoms with van der Waals surface area (Å²) in [6.45, 7) is 2.32. The molecule has 2 heterocycles. The molecular weight excluding hydrogens is 361 g/mol. The number of piperidine rings is 1. The average molecular weight is 381 g/mol. The second-order valence-corrected chi connectivity index (χ2v) is 7.86. The van der Waals surface area contributed by atoms with Gasteiger partial charge in [-0.2, -0.15) is 9.29 Å². The lowest BCUT2D eigenvalue weighted by Gasteiger charge is -2.31. The van der Waals surface area contributed by atoms with Crippen LogP contribution in [-0.2, 0) is 10.0 Å². The summed E-state index contributed by atoms with van der Waals surface area (Å²) in [5, 5.41) is 0. The van der Waals surface area contributed by atoms with E-state index in [9.17, 15) is 12.8 Å². The minimum Gasteiger partial charge on any atom is -0.495 e. The lowest BCUT2D eigenvalue weighted by molar-refractivity contribution is 0.129. The Labute approximate surface area is 151 Å². The Bertz CT molecular complexity index is 883. The van der Waals surface area contributed by atoms with Crippen molar-refractivity contribution in [1.29, 1.82) is 0 Å². The van der Waals surface area contributed by atoms with Gasteiger partial charge in [0.05, 0.1) is 7.11 Å². The minimum atomic E-state index is -3.84. The van der Waals surface area contributed by atoms with E-state index in [1.165, 1.54) is 23.5 Å². The maximum Gasteiger partial charge on any atom is 0.246 e. The number of hydrogen-bond donors (Lipinski definition) is 0. The largest absolute Gasteiger partial charge is 0.495 e. The molecule has 0 saturated carbocycles. The Morgan fingerprint density at radius 3 is 2.62 bits per heavy atom. The first kappa shape index (κ1) is 18.5. The van der Waals surface area contributed by atoms with Crippen molar-refractivity contribution >= 4 is 10.0 Å². The van der Waals surface area contributed by atoms with Crippen molar-refractivity contribution in [3.63, 3.8) is 0 Å². The standard InChI is InChI=1S/C17H20FN3O4S/c1-12-19-8-5-17(20-12)25-14-6-9-21(10-7-14)26(22,23)16-11-13(18)3-4-15(16)24-2/h3-5,8,11,14H,6-7,9-10H2,1-2H3. The number of methoxy groups -OCH3 is 1. The number of aromatic nitrogens is 2. The molecule has 3 rings (SSSR count). The second-order valence-electron chi connectivity index (χ2n) is 5.96. The van der Waals surface area contributed by atoms with Crippen molar-refractivity contribution in [1.82, 2.24) is 14.3 Å². The van der Waals surface area contributed by atoms with Gasteiger partial charge in [-0.05, 0) is 38.0 Å². The van der Waals surface area contributed by atoms with Crippen LogP contribution in [0.3, 0.4) is 0 Å².